The fraction of sp³-hybridized carbons (Fsp3) is 0.692. The number of rotatable bonds is 5. The summed E-state index contributed by atoms with van der Waals surface area (Å²) in [7, 11) is 0. The molecule has 7 heteroatoms. The van der Waals surface area contributed by atoms with E-state index in [0.29, 0.717) is 17.3 Å². The number of aryl methyl sites for hydroxylation is 1. The zero-order chi connectivity index (χ0) is 14.5. The number of aromatic nitrogens is 2. The van der Waals surface area contributed by atoms with E-state index in [2.05, 4.69) is 20.4 Å². The molecule has 0 aromatic carbocycles. The summed E-state index contributed by atoms with van der Waals surface area (Å²) in [6.07, 6.45) is 3.33. The molecule has 1 aliphatic heterocycles. The molecule has 1 saturated heterocycles. The van der Waals surface area contributed by atoms with Gasteiger partial charge in [-0.15, -0.1) is 0 Å². The van der Waals surface area contributed by atoms with Crippen LogP contribution in [0.4, 0.5) is 0 Å². The molecule has 3 N–H and O–H groups in total. The third-order valence-electron chi connectivity index (χ3n) is 3.73. The monoisotopic (exact) mass is 300 g/mol. The number of aliphatic hydroxyl groups excluding tert-OH is 1. The number of carbonyl (C=O) groups excluding carboxylic acids is 1. The quantitative estimate of drug-likeness (QED) is 0.756. The third kappa shape index (κ3) is 3.50. The second-order valence-corrected chi connectivity index (χ2v) is 5.51. The lowest BCUT2D eigenvalue weighted by Gasteiger charge is -2.34. The molecule has 0 saturated carbocycles. The number of halogens is 1. The first-order valence-electron chi connectivity index (χ1n) is 6.97. The molecule has 0 radical (unpaired) electrons. The van der Waals surface area contributed by atoms with Gasteiger partial charge in [0.1, 0.15) is 0 Å². The van der Waals surface area contributed by atoms with Crippen LogP contribution >= 0.6 is 11.6 Å². The van der Waals surface area contributed by atoms with E-state index < -0.39 is 0 Å². The number of nitrogens with zero attached hydrogens (tertiary/aromatic N) is 2. The van der Waals surface area contributed by atoms with Gasteiger partial charge in [-0.05, 0) is 26.3 Å². The van der Waals surface area contributed by atoms with Crippen LogP contribution in [-0.4, -0.2) is 58.4 Å². The van der Waals surface area contributed by atoms with Gasteiger partial charge in [0.15, 0.2) is 5.69 Å². The number of nitrogens with one attached hydrogen (secondary N) is 2. The van der Waals surface area contributed by atoms with Crippen molar-refractivity contribution in [2.45, 2.75) is 32.2 Å². The third-order valence-corrected chi connectivity index (χ3v) is 4.19. The van der Waals surface area contributed by atoms with Crippen molar-refractivity contribution in [1.82, 2.24) is 20.4 Å². The molecule has 1 amide bonds. The van der Waals surface area contributed by atoms with Gasteiger partial charge in [0, 0.05) is 19.1 Å². The standard InChI is InChI=1S/C13H21ClN4O2/c1-9-11(14)12(17-16-9)13(20)15-5-7-18-6-3-2-4-10(18)8-19/h10,19H,2-8H2,1H3,(H,15,20)(H,16,17)/t10-/m1/s1. The number of likely N-dealkylation sites (tertiary alicyclic amines) is 1. The van der Waals surface area contributed by atoms with E-state index in [-0.39, 0.29) is 24.2 Å². The number of aliphatic hydroxyl groups is 1. The maximum Gasteiger partial charge on any atom is 0.273 e. The minimum absolute atomic E-state index is 0.179. The van der Waals surface area contributed by atoms with Crippen molar-refractivity contribution in [2.24, 2.45) is 0 Å². The van der Waals surface area contributed by atoms with Gasteiger partial charge in [-0.2, -0.15) is 5.10 Å². The number of carbonyl (C=O) groups is 1. The summed E-state index contributed by atoms with van der Waals surface area (Å²) < 4.78 is 0. The van der Waals surface area contributed by atoms with Crippen LogP contribution < -0.4 is 5.32 Å². The zero-order valence-electron chi connectivity index (χ0n) is 11.7. The Hall–Kier alpha value is -1.11. The molecule has 112 valence electrons. The van der Waals surface area contributed by atoms with Crippen molar-refractivity contribution < 1.29 is 9.90 Å². The van der Waals surface area contributed by atoms with E-state index in [4.69, 9.17) is 11.6 Å². The summed E-state index contributed by atoms with van der Waals surface area (Å²) in [5.41, 5.74) is 0.926. The van der Waals surface area contributed by atoms with Gasteiger partial charge >= 0.3 is 0 Å². The Balaban J connectivity index is 1.80. The van der Waals surface area contributed by atoms with E-state index >= 15 is 0 Å². The smallest absolute Gasteiger partial charge is 0.273 e. The highest BCUT2D eigenvalue weighted by molar-refractivity contribution is 6.34. The highest BCUT2D eigenvalue weighted by Gasteiger charge is 2.21. The lowest BCUT2D eigenvalue weighted by atomic mass is 10.0. The Kier molecular flexibility index (Phi) is 5.39. The van der Waals surface area contributed by atoms with Crippen LogP contribution in [-0.2, 0) is 0 Å². The first-order valence-corrected chi connectivity index (χ1v) is 7.35. The van der Waals surface area contributed by atoms with Crippen molar-refractivity contribution >= 4 is 17.5 Å². The minimum Gasteiger partial charge on any atom is -0.395 e. The summed E-state index contributed by atoms with van der Waals surface area (Å²) in [6, 6.07) is 0.219. The average Bonchev–Trinajstić information content (AvgIpc) is 2.79. The molecule has 0 unspecified atom stereocenters. The van der Waals surface area contributed by atoms with Crippen molar-refractivity contribution in [3.63, 3.8) is 0 Å². The van der Waals surface area contributed by atoms with Gasteiger partial charge in [-0.25, -0.2) is 0 Å². The highest BCUT2D eigenvalue weighted by Crippen LogP contribution is 2.17. The zero-order valence-corrected chi connectivity index (χ0v) is 12.4. The minimum atomic E-state index is -0.267. The second-order valence-electron chi connectivity index (χ2n) is 5.14. The number of piperidine rings is 1. The van der Waals surface area contributed by atoms with Crippen molar-refractivity contribution in [1.29, 1.82) is 0 Å². The summed E-state index contributed by atoms with van der Waals surface area (Å²) in [4.78, 5) is 14.1. The fourth-order valence-electron chi connectivity index (χ4n) is 2.52. The van der Waals surface area contributed by atoms with Gasteiger partial charge in [-0.1, -0.05) is 18.0 Å². The van der Waals surface area contributed by atoms with Crippen LogP contribution in [0, 0.1) is 6.92 Å². The maximum atomic E-state index is 11.9. The normalized spacial score (nSPS) is 20.1. The lowest BCUT2D eigenvalue weighted by Crippen LogP contribution is -2.45. The first kappa shape index (κ1) is 15.3. The molecule has 6 nitrogen and oxygen atoms in total. The van der Waals surface area contributed by atoms with E-state index in [9.17, 15) is 9.90 Å². The summed E-state index contributed by atoms with van der Waals surface area (Å²) in [5, 5.41) is 19.1. The van der Waals surface area contributed by atoms with Gasteiger partial charge in [0.05, 0.1) is 17.3 Å². The van der Waals surface area contributed by atoms with Crippen molar-refractivity contribution in [3.8, 4) is 0 Å². The molecule has 1 aromatic heterocycles. The van der Waals surface area contributed by atoms with Crippen LogP contribution in [0.5, 0.6) is 0 Å². The Morgan fingerprint density at radius 2 is 2.40 bits per heavy atom. The predicted molar refractivity (Wildman–Crippen MR) is 77.0 cm³/mol. The van der Waals surface area contributed by atoms with E-state index in [1.54, 1.807) is 6.92 Å². The van der Waals surface area contributed by atoms with Crippen LogP contribution in [0.1, 0.15) is 35.4 Å². The lowest BCUT2D eigenvalue weighted by molar-refractivity contribution is 0.0847. The number of hydrogen-bond acceptors (Lipinski definition) is 4. The molecule has 0 spiro atoms. The van der Waals surface area contributed by atoms with Crippen LogP contribution in [0.3, 0.4) is 0 Å². The summed E-state index contributed by atoms with van der Waals surface area (Å²) in [6.45, 7) is 4.18. The largest absolute Gasteiger partial charge is 0.395 e. The molecule has 1 aromatic rings. The Bertz CT molecular complexity index is 463. The van der Waals surface area contributed by atoms with Gasteiger partial charge in [0.2, 0.25) is 0 Å². The molecule has 2 rings (SSSR count). The second kappa shape index (κ2) is 7.06. The molecule has 0 aliphatic carbocycles. The number of aromatic amines is 1. The molecule has 0 bridgehead atoms. The molecule has 1 atom stereocenters. The SMILES string of the molecule is Cc1[nH]nc(C(=O)NCCN2CCCC[C@@H]2CO)c1Cl. The van der Waals surface area contributed by atoms with Gasteiger partial charge in [0.25, 0.3) is 5.91 Å². The Labute approximate surface area is 123 Å². The predicted octanol–water partition coefficient (Wildman–Crippen LogP) is 0.948. The number of hydrogen-bond donors (Lipinski definition) is 3. The van der Waals surface area contributed by atoms with Crippen molar-refractivity contribution in [2.75, 3.05) is 26.2 Å². The molecular weight excluding hydrogens is 280 g/mol. The van der Waals surface area contributed by atoms with Crippen molar-refractivity contribution in [3.05, 3.63) is 16.4 Å². The fourth-order valence-corrected chi connectivity index (χ4v) is 2.69. The number of H-pyrrole nitrogens is 1. The average molecular weight is 301 g/mol. The Morgan fingerprint density at radius 3 is 3.05 bits per heavy atom. The topological polar surface area (TPSA) is 81.2 Å². The van der Waals surface area contributed by atoms with Crippen LogP contribution in [0.25, 0.3) is 0 Å². The molecule has 1 fully saturated rings. The first-order chi connectivity index (χ1) is 9.63. The van der Waals surface area contributed by atoms with E-state index in [0.717, 1.165) is 32.4 Å². The van der Waals surface area contributed by atoms with E-state index in [1.807, 2.05) is 0 Å². The molecule has 1 aliphatic rings. The van der Waals surface area contributed by atoms with Gasteiger partial charge in [-0.3, -0.25) is 14.8 Å². The molecular formula is C13H21ClN4O2. The van der Waals surface area contributed by atoms with Crippen LogP contribution in [0.15, 0.2) is 0 Å². The Morgan fingerprint density at radius 1 is 1.60 bits per heavy atom. The van der Waals surface area contributed by atoms with Gasteiger partial charge < -0.3 is 10.4 Å². The molecule has 2 heterocycles. The maximum absolute atomic E-state index is 11.9. The van der Waals surface area contributed by atoms with Crippen LogP contribution in [0.2, 0.25) is 5.02 Å². The highest BCUT2D eigenvalue weighted by atomic mass is 35.5. The molecule has 20 heavy (non-hydrogen) atoms. The number of amides is 1. The summed E-state index contributed by atoms with van der Waals surface area (Å²) >= 11 is 5.98. The van der Waals surface area contributed by atoms with E-state index in [1.165, 1.54) is 0 Å². The summed E-state index contributed by atoms with van der Waals surface area (Å²) in [5.74, 6) is -0.267.